The lowest BCUT2D eigenvalue weighted by Crippen LogP contribution is -2.40. The third-order valence-electron chi connectivity index (χ3n) is 4.26. The standard InChI is InChI=1S/C19H19N5O5/c1-12-9-20-11-23(17(12)26)8-7-21-16(25)15-10-22-19(28)24(18(15)27)13-3-5-14(29-2)6-4-13/h3-6,9-11H,7-8H2,1-2H3,(H,21,25)(H,22,28). The molecule has 3 rings (SSSR count). The first kappa shape index (κ1) is 19.8. The molecule has 0 radical (unpaired) electrons. The van der Waals surface area contributed by atoms with Gasteiger partial charge in [0.25, 0.3) is 17.0 Å². The Bertz CT molecular complexity index is 1210. The zero-order valence-corrected chi connectivity index (χ0v) is 15.8. The first-order chi connectivity index (χ1) is 13.9. The van der Waals surface area contributed by atoms with E-state index in [0.29, 0.717) is 17.0 Å². The summed E-state index contributed by atoms with van der Waals surface area (Å²) in [5, 5.41) is 2.57. The molecule has 0 aliphatic heterocycles. The second-order valence-electron chi connectivity index (χ2n) is 6.18. The van der Waals surface area contributed by atoms with Gasteiger partial charge in [0.15, 0.2) is 0 Å². The minimum Gasteiger partial charge on any atom is -0.497 e. The zero-order chi connectivity index (χ0) is 21.0. The zero-order valence-electron chi connectivity index (χ0n) is 15.8. The predicted molar refractivity (Wildman–Crippen MR) is 105 cm³/mol. The van der Waals surface area contributed by atoms with Crippen molar-refractivity contribution in [3.63, 3.8) is 0 Å². The molecule has 0 unspecified atom stereocenters. The number of H-pyrrole nitrogens is 1. The highest BCUT2D eigenvalue weighted by molar-refractivity contribution is 5.93. The fourth-order valence-electron chi connectivity index (χ4n) is 2.71. The summed E-state index contributed by atoms with van der Waals surface area (Å²) in [6.07, 6.45) is 3.90. The van der Waals surface area contributed by atoms with E-state index in [1.165, 1.54) is 36.3 Å². The first-order valence-electron chi connectivity index (χ1n) is 8.71. The van der Waals surface area contributed by atoms with Crippen molar-refractivity contribution in [2.75, 3.05) is 13.7 Å². The molecule has 10 heteroatoms. The molecule has 0 aliphatic rings. The number of carbonyl (C=O) groups excluding carboxylic acids is 1. The van der Waals surface area contributed by atoms with Gasteiger partial charge in [0.2, 0.25) is 0 Å². The minimum atomic E-state index is -0.759. The van der Waals surface area contributed by atoms with Gasteiger partial charge in [-0.25, -0.2) is 14.3 Å². The van der Waals surface area contributed by atoms with E-state index in [2.05, 4.69) is 15.3 Å². The summed E-state index contributed by atoms with van der Waals surface area (Å²) < 4.78 is 7.28. The molecule has 0 fully saturated rings. The van der Waals surface area contributed by atoms with Gasteiger partial charge in [0.05, 0.1) is 19.1 Å². The van der Waals surface area contributed by atoms with Gasteiger partial charge in [-0.1, -0.05) is 0 Å². The molecule has 0 atom stereocenters. The Labute approximate surface area is 164 Å². The third-order valence-corrected chi connectivity index (χ3v) is 4.26. The van der Waals surface area contributed by atoms with Gasteiger partial charge < -0.3 is 15.0 Å². The maximum absolute atomic E-state index is 12.7. The Morgan fingerprint density at radius 2 is 1.90 bits per heavy atom. The number of hydrogen-bond donors (Lipinski definition) is 2. The quantitative estimate of drug-likeness (QED) is 0.594. The highest BCUT2D eigenvalue weighted by Gasteiger charge is 2.15. The Kier molecular flexibility index (Phi) is 5.72. The molecule has 3 aromatic rings. The average molecular weight is 397 g/mol. The predicted octanol–water partition coefficient (Wildman–Crippen LogP) is -0.170. The van der Waals surface area contributed by atoms with Crippen LogP contribution in [0.5, 0.6) is 5.75 Å². The molecule has 0 aliphatic carbocycles. The summed E-state index contributed by atoms with van der Waals surface area (Å²) in [5.41, 5.74) is -1.08. The molecule has 1 aromatic carbocycles. The van der Waals surface area contributed by atoms with Crippen LogP contribution >= 0.6 is 0 Å². The van der Waals surface area contributed by atoms with Crippen LogP contribution in [0.4, 0.5) is 0 Å². The van der Waals surface area contributed by atoms with E-state index in [4.69, 9.17) is 4.74 Å². The Morgan fingerprint density at radius 3 is 2.59 bits per heavy atom. The Morgan fingerprint density at radius 1 is 1.17 bits per heavy atom. The van der Waals surface area contributed by atoms with Crippen molar-refractivity contribution in [3.8, 4) is 11.4 Å². The summed E-state index contributed by atoms with van der Waals surface area (Å²) in [5.74, 6) is -0.102. The molecule has 2 aromatic heterocycles. The molecule has 29 heavy (non-hydrogen) atoms. The van der Waals surface area contributed by atoms with Crippen LogP contribution in [-0.2, 0) is 6.54 Å². The molecular formula is C19H19N5O5. The van der Waals surface area contributed by atoms with E-state index in [9.17, 15) is 19.2 Å². The number of aromatic nitrogens is 4. The van der Waals surface area contributed by atoms with Gasteiger partial charge in [-0.2, -0.15) is 0 Å². The van der Waals surface area contributed by atoms with Crippen molar-refractivity contribution in [2.45, 2.75) is 13.5 Å². The van der Waals surface area contributed by atoms with Gasteiger partial charge in [0.1, 0.15) is 11.3 Å². The number of methoxy groups -OCH3 is 1. The van der Waals surface area contributed by atoms with Gasteiger partial charge in [-0.05, 0) is 31.2 Å². The first-order valence-corrected chi connectivity index (χ1v) is 8.71. The van der Waals surface area contributed by atoms with Crippen LogP contribution < -0.4 is 26.9 Å². The van der Waals surface area contributed by atoms with Crippen molar-refractivity contribution in [1.29, 1.82) is 0 Å². The van der Waals surface area contributed by atoms with Crippen molar-refractivity contribution in [3.05, 3.63) is 85.3 Å². The number of hydrogen-bond acceptors (Lipinski definition) is 6. The molecule has 0 saturated carbocycles. The Balaban J connectivity index is 1.80. The van der Waals surface area contributed by atoms with Crippen LogP contribution in [0.3, 0.4) is 0 Å². The van der Waals surface area contributed by atoms with Crippen molar-refractivity contribution >= 4 is 5.91 Å². The highest BCUT2D eigenvalue weighted by atomic mass is 16.5. The molecular weight excluding hydrogens is 378 g/mol. The van der Waals surface area contributed by atoms with Crippen LogP contribution in [0.25, 0.3) is 5.69 Å². The van der Waals surface area contributed by atoms with Crippen LogP contribution in [0.1, 0.15) is 15.9 Å². The number of nitrogens with zero attached hydrogens (tertiary/aromatic N) is 3. The van der Waals surface area contributed by atoms with E-state index in [1.807, 2.05) is 0 Å². The van der Waals surface area contributed by atoms with E-state index < -0.39 is 17.2 Å². The van der Waals surface area contributed by atoms with Crippen molar-refractivity contribution in [2.24, 2.45) is 0 Å². The maximum Gasteiger partial charge on any atom is 0.333 e. The van der Waals surface area contributed by atoms with E-state index in [0.717, 1.165) is 10.8 Å². The maximum atomic E-state index is 12.7. The summed E-state index contributed by atoms with van der Waals surface area (Å²) in [6, 6.07) is 6.27. The van der Waals surface area contributed by atoms with Crippen LogP contribution in [0, 0.1) is 6.92 Å². The van der Waals surface area contributed by atoms with Crippen molar-refractivity contribution in [1.82, 2.24) is 24.4 Å². The van der Waals surface area contributed by atoms with Gasteiger partial charge in [-0.15, -0.1) is 0 Å². The summed E-state index contributed by atoms with van der Waals surface area (Å²) in [4.78, 5) is 55.6. The number of benzene rings is 1. The normalized spacial score (nSPS) is 10.6. The minimum absolute atomic E-state index is 0.102. The van der Waals surface area contributed by atoms with Crippen molar-refractivity contribution < 1.29 is 9.53 Å². The number of nitrogens with one attached hydrogen (secondary N) is 2. The van der Waals surface area contributed by atoms with Gasteiger partial charge in [-0.3, -0.25) is 19.0 Å². The molecule has 0 bridgehead atoms. The number of aromatic amines is 1. The highest BCUT2D eigenvalue weighted by Crippen LogP contribution is 2.12. The summed E-state index contributed by atoms with van der Waals surface area (Å²) in [7, 11) is 1.50. The average Bonchev–Trinajstić information content (AvgIpc) is 2.71. The fraction of sp³-hybridized carbons (Fsp3) is 0.211. The van der Waals surface area contributed by atoms with Gasteiger partial charge >= 0.3 is 5.69 Å². The SMILES string of the molecule is COc1ccc(-n2c(=O)[nH]cc(C(=O)NCCn3cncc(C)c3=O)c2=O)cc1. The monoisotopic (exact) mass is 397 g/mol. The lowest BCUT2D eigenvalue weighted by molar-refractivity contribution is 0.0949. The summed E-state index contributed by atoms with van der Waals surface area (Å²) in [6.45, 7) is 1.94. The number of ether oxygens (including phenoxy) is 1. The van der Waals surface area contributed by atoms with Crippen LogP contribution in [-0.4, -0.2) is 38.7 Å². The summed E-state index contributed by atoms with van der Waals surface area (Å²) >= 11 is 0. The number of aryl methyl sites for hydroxylation is 1. The number of rotatable bonds is 6. The lowest BCUT2D eigenvalue weighted by Gasteiger charge is -2.09. The number of carbonyl (C=O) groups is 1. The van der Waals surface area contributed by atoms with Crippen LogP contribution in [0.15, 0.2) is 57.4 Å². The smallest absolute Gasteiger partial charge is 0.333 e. The second kappa shape index (κ2) is 8.38. The van der Waals surface area contributed by atoms with Crippen LogP contribution in [0.2, 0.25) is 0 Å². The third kappa shape index (κ3) is 4.15. The lowest BCUT2D eigenvalue weighted by atomic mass is 10.2. The molecule has 2 N–H and O–H groups in total. The largest absolute Gasteiger partial charge is 0.497 e. The molecule has 1 amide bonds. The van der Waals surface area contributed by atoms with E-state index in [1.54, 1.807) is 19.1 Å². The molecule has 0 spiro atoms. The van der Waals surface area contributed by atoms with E-state index >= 15 is 0 Å². The topological polar surface area (TPSA) is 128 Å². The van der Waals surface area contributed by atoms with E-state index in [-0.39, 0.29) is 24.2 Å². The van der Waals surface area contributed by atoms with Gasteiger partial charge in [0, 0.05) is 31.0 Å². The molecule has 0 saturated heterocycles. The second-order valence-corrected chi connectivity index (χ2v) is 6.18. The fourth-order valence-corrected chi connectivity index (χ4v) is 2.71. The Hall–Kier alpha value is -3.95. The molecule has 10 nitrogen and oxygen atoms in total. The number of amides is 1. The molecule has 150 valence electrons. The molecule has 2 heterocycles.